The number of furan rings is 1. The van der Waals surface area contributed by atoms with Gasteiger partial charge in [-0.2, -0.15) is 0 Å². The van der Waals surface area contributed by atoms with Crippen molar-refractivity contribution in [3.05, 3.63) is 18.1 Å². The number of ether oxygens (including phenoxy) is 1. The van der Waals surface area contributed by atoms with Crippen molar-refractivity contribution in [2.45, 2.75) is 25.7 Å². The highest BCUT2D eigenvalue weighted by Crippen LogP contribution is 2.25. The minimum absolute atomic E-state index is 0.0794. The van der Waals surface area contributed by atoms with Crippen molar-refractivity contribution in [3.63, 3.8) is 0 Å². The molecule has 1 heterocycles. The van der Waals surface area contributed by atoms with Crippen molar-refractivity contribution in [2.24, 2.45) is 5.92 Å². The summed E-state index contributed by atoms with van der Waals surface area (Å²) in [7, 11) is 0. The van der Waals surface area contributed by atoms with Gasteiger partial charge >= 0.3 is 5.97 Å². The third kappa shape index (κ3) is 3.63. The van der Waals surface area contributed by atoms with Gasteiger partial charge in [-0.3, -0.25) is 4.79 Å². The van der Waals surface area contributed by atoms with Gasteiger partial charge in [-0.1, -0.05) is 6.92 Å². The zero-order chi connectivity index (χ0) is 11.3. The topological polar surface area (TPSA) is 39.4 Å². The molecule has 4 heteroatoms. The fourth-order valence-electron chi connectivity index (χ4n) is 1.09. The standard InChI is InChI=1S/C11H16O3S/c1-4-13-11(12)8(2)7-15-10-5-6-14-9(10)3/h5-6,8H,4,7H2,1-3H3. The van der Waals surface area contributed by atoms with Gasteiger partial charge in [-0.15, -0.1) is 11.8 Å². The van der Waals surface area contributed by atoms with Gasteiger partial charge in [0.2, 0.25) is 0 Å². The smallest absolute Gasteiger partial charge is 0.309 e. The molecule has 0 radical (unpaired) electrons. The second-order valence-electron chi connectivity index (χ2n) is 3.31. The van der Waals surface area contributed by atoms with E-state index in [2.05, 4.69) is 0 Å². The third-order valence-corrected chi connectivity index (χ3v) is 3.39. The molecule has 0 amide bonds. The van der Waals surface area contributed by atoms with Gasteiger partial charge in [0.1, 0.15) is 5.76 Å². The van der Waals surface area contributed by atoms with Crippen LogP contribution in [0.2, 0.25) is 0 Å². The second-order valence-corrected chi connectivity index (χ2v) is 4.37. The summed E-state index contributed by atoms with van der Waals surface area (Å²) < 4.78 is 10.1. The molecule has 0 N–H and O–H groups in total. The van der Waals surface area contributed by atoms with Crippen LogP contribution in [-0.2, 0) is 9.53 Å². The van der Waals surface area contributed by atoms with Crippen LogP contribution in [-0.4, -0.2) is 18.3 Å². The third-order valence-electron chi connectivity index (χ3n) is 1.99. The van der Waals surface area contributed by atoms with Gasteiger partial charge in [0.15, 0.2) is 0 Å². The number of thioether (sulfide) groups is 1. The van der Waals surface area contributed by atoms with E-state index in [1.54, 1.807) is 18.0 Å². The summed E-state index contributed by atoms with van der Waals surface area (Å²) in [6.45, 7) is 6.05. The van der Waals surface area contributed by atoms with Gasteiger partial charge in [-0.25, -0.2) is 0 Å². The molecule has 3 nitrogen and oxygen atoms in total. The molecule has 0 aliphatic carbocycles. The monoisotopic (exact) mass is 228 g/mol. The Morgan fingerprint density at radius 3 is 2.93 bits per heavy atom. The van der Waals surface area contributed by atoms with Crippen LogP contribution < -0.4 is 0 Å². The number of esters is 1. The maximum atomic E-state index is 11.3. The first-order valence-corrected chi connectivity index (χ1v) is 5.97. The summed E-state index contributed by atoms with van der Waals surface area (Å²) in [4.78, 5) is 12.4. The Balaban J connectivity index is 2.37. The summed E-state index contributed by atoms with van der Waals surface area (Å²) in [5.41, 5.74) is 0. The number of rotatable bonds is 5. The molecular formula is C11H16O3S. The molecule has 0 spiro atoms. The van der Waals surface area contributed by atoms with E-state index in [-0.39, 0.29) is 11.9 Å². The SMILES string of the molecule is CCOC(=O)C(C)CSc1ccoc1C. The van der Waals surface area contributed by atoms with Gasteiger partial charge < -0.3 is 9.15 Å². The molecule has 0 bridgehead atoms. The molecular weight excluding hydrogens is 212 g/mol. The zero-order valence-corrected chi connectivity index (χ0v) is 10.1. The van der Waals surface area contributed by atoms with Gasteiger partial charge in [0.25, 0.3) is 0 Å². The summed E-state index contributed by atoms with van der Waals surface area (Å²) in [5.74, 6) is 1.41. The van der Waals surface area contributed by atoms with Crippen LogP contribution in [0.5, 0.6) is 0 Å². The first-order chi connectivity index (χ1) is 7.15. The van der Waals surface area contributed by atoms with E-state index in [0.717, 1.165) is 16.4 Å². The van der Waals surface area contributed by atoms with Crippen molar-refractivity contribution in [1.82, 2.24) is 0 Å². The van der Waals surface area contributed by atoms with E-state index >= 15 is 0 Å². The van der Waals surface area contributed by atoms with Crippen LogP contribution in [0.1, 0.15) is 19.6 Å². The van der Waals surface area contributed by atoms with E-state index in [0.29, 0.717) is 6.61 Å². The lowest BCUT2D eigenvalue weighted by Crippen LogP contribution is -2.16. The summed E-state index contributed by atoms with van der Waals surface area (Å²) >= 11 is 1.62. The molecule has 0 saturated carbocycles. The molecule has 0 fully saturated rings. The molecule has 1 atom stereocenters. The Morgan fingerprint density at radius 1 is 1.67 bits per heavy atom. The molecule has 1 aromatic rings. The van der Waals surface area contributed by atoms with E-state index in [1.165, 1.54) is 0 Å². The average Bonchev–Trinajstić information content (AvgIpc) is 2.61. The Kier molecular flexibility index (Phi) is 4.75. The highest BCUT2D eigenvalue weighted by atomic mass is 32.2. The number of hydrogen-bond donors (Lipinski definition) is 0. The van der Waals surface area contributed by atoms with Crippen molar-refractivity contribution in [2.75, 3.05) is 12.4 Å². The Hall–Kier alpha value is -0.900. The van der Waals surface area contributed by atoms with E-state index in [1.807, 2.05) is 26.8 Å². The Bertz CT molecular complexity index is 319. The molecule has 0 aliphatic rings. The highest BCUT2D eigenvalue weighted by molar-refractivity contribution is 7.99. The first-order valence-electron chi connectivity index (χ1n) is 4.98. The Labute approximate surface area is 94.2 Å². The lowest BCUT2D eigenvalue weighted by atomic mass is 10.2. The molecule has 0 saturated heterocycles. The Morgan fingerprint density at radius 2 is 2.40 bits per heavy atom. The second kappa shape index (κ2) is 5.85. The van der Waals surface area contributed by atoms with E-state index in [4.69, 9.17) is 9.15 Å². The maximum absolute atomic E-state index is 11.3. The van der Waals surface area contributed by atoms with Crippen LogP contribution in [0, 0.1) is 12.8 Å². The zero-order valence-electron chi connectivity index (χ0n) is 9.28. The fraction of sp³-hybridized carbons (Fsp3) is 0.545. The predicted molar refractivity (Wildman–Crippen MR) is 60.0 cm³/mol. The molecule has 1 aromatic heterocycles. The van der Waals surface area contributed by atoms with Crippen LogP contribution >= 0.6 is 11.8 Å². The van der Waals surface area contributed by atoms with E-state index < -0.39 is 0 Å². The number of hydrogen-bond acceptors (Lipinski definition) is 4. The predicted octanol–water partition coefficient (Wildman–Crippen LogP) is 2.88. The number of carbonyl (C=O) groups is 1. The van der Waals surface area contributed by atoms with Gasteiger partial charge in [0.05, 0.1) is 18.8 Å². The van der Waals surface area contributed by atoms with E-state index in [9.17, 15) is 4.79 Å². The molecule has 1 unspecified atom stereocenters. The van der Waals surface area contributed by atoms with Crippen LogP contribution in [0.3, 0.4) is 0 Å². The number of carbonyl (C=O) groups excluding carboxylic acids is 1. The van der Waals surface area contributed by atoms with Gasteiger partial charge in [0, 0.05) is 10.6 Å². The molecule has 1 rings (SSSR count). The minimum atomic E-state index is -0.133. The van der Waals surface area contributed by atoms with Crippen molar-refractivity contribution >= 4 is 17.7 Å². The lowest BCUT2D eigenvalue weighted by molar-refractivity contribution is -0.146. The highest BCUT2D eigenvalue weighted by Gasteiger charge is 2.15. The molecule has 15 heavy (non-hydrogen) atoms. The normalized spacial score (nSPS) is 12.5. The van der Waals surface area contributed by atoms with Crippen molar-refractivity contribution in [3.8, 4) is 0 Å². The lowest BCUT2D eigenvalue weighted by Gasteiger charge is -2.09. The van der Waals surface area contributed by atoms with Gasteiger partial charge in [-0.05, 0) is 19.9 Å². The summed E-state index contributed by atoms with van der Waals surface area (Å²) in [5, 5.41) is 0. The van der Waals surface area contributed by atoms with Crippen LogP contribution in [0.15, 0.2) is 21.6 Å². The largest absolute Gasteiger partial charge is 0.468 e. The maximum Gasteiger partial charge on any atom is 0.309 e. The molecule has 0 aromatic carbocycles. The fourth-order valence-corrected chi connectivity index (χ4v) is 2.06. The minimum Gasteiger partial charge on any atom is -0.468 e. The van der Waals surface area contributed by atoms with Crippen LogP contribution in [0.25, 0.3) is 0 Å². The summed E-state index contributed by atoms with van der Waals surface area (Å²) in [6, 6.07) is 1.91. The number of aryl methyl sites for hydroxylation is 1. The average molecular weight is 228 g/mol. The molecule has 84 valence electrons. The quantitative estimate of drug-likeness (QED) is 0.574. The van der Waals surface area contributed by atoms with Crippen molar-refractivity contribution in [1.29, 1.82) is 0 Å². The first kappa shape index (κ1) is 12.2. The molecule has 0 aliphatic heterocycles. The summed E-state index contributed by atoms with van der Waals surface area (Å²) in [6.07, 6.45) is 1.66. The van der Waals surface area contributed by atoms with Crippen molar-refractivity contribution < 1.29 is 13.9 Å². The van der Waals surface area contributed by atoms with Crippen LogP contribution in [0.4, 0.5) is 0 Å².